The lowest BCUT2D eigenvalue weighted by molar-refractivity contribution is 0.190. The van der Waals surface area contributed by atoms with Crippen LogP contribution in [0.4, 0.5) is 0 Å². The van der Waals surface area contributed by atoms with Gasteiger partial charge in [-0.25, -0.2) is 0 Å². The molecule has 0 aromatic heterocycles. The second-order valence-corrected chi connectivity index (χ2v) is 10.6. The van der Waals surface area contributed by atoms with Gasteiger partial charge in [0.25, 0.3) is 0 Å². The molecule has 0 radical (unpaired) electrons. The van der Waals surface area contributed by atoms with Crippen LogP contribution >= 0.6 is 24.2 Å². The van der Waals surface area contributed by atoms with Crippen molar-refractivity contribution in [2.24, 2.45) is 11.8 Å². The van der Waals surface area contributed by atoms with Crippen molar-refractivity contribution in [3.63, 3.8) is 0 Å². The average Bonchev–Trinajstić information content (AvgIpc) is 3.15. The van der Waals surface area contributed by atoms with Crippen molar-refractivity contribution in [2.45, 2.75) is 30.1 Å². The number of hydrogen-bond acceptors (Lipinski definition) is 6. The fourth-order valence-corrected chi connectivity index (χ4v) is 6.06. The first kappa shape index (κ1) is 25.5. The van der Waals surface area contributed by atoms with Crippen molar-refractivity contribution in [2.75, 3.05) is 26.2 Å². The molecule has 2 N–H and O–H groups in total. The number of benzene rings is 3. The van der Waals surface area contributed by atoms with E-state index in [1.807, 2.05) is 24.3 Å². The lowest BCUT2D eigenvalue weighted by atomic mass is 10.00. The van der Waals surface area contributed by atoms with E-state index in [1.165, 1.54) is 0 Å². The Hall–Kier alpha value is -2.54. The summed E-state index contributed by atoms with van der Waals surface area (Å²) in [5.74, 6) is 3.54. The second-order valence-electron chi connectivity index (χ2n) is 9.43. The van der Waals surface area contributed by atoms with Crippen LogP contribution in [0, 0.1) is 11.8 Å². The van der Waals surface area contributed by atoms with Crippen molar-refractivity contribution in [3.8, 4) is 23.0 Å². The monoisotopic (exact) mass is 513 g/mol. The number of nitrogens with zero attached hydrogens (tertiary/aromatic N) is 1. The minimum atomic E-state index is -0.245. The molecule has 1 fully saturated rings. The highest BCUT2D eigenvalue weighted by atomic mass is 35.5. The largest absolute Gasteiger partial charge is 0.508 e. The third kappa shape index (κ3) is 5.83. The maximum absolute atomic E-state index is 10.1. The maximum atomic E-state index is 10.1. The summed E-state index contributed by atoms with van der Waals surface area (Å²) in [5.41, 5.74) is 2.01. The number of rotatable bonds is 6. The van der Waals surface area contributed by atoms with E-state index in [4.69, 9.17) is 9.47 Å². The van der Waals surface area contributed by atoms with E-state index in [9.17, 15) is 10.2 Å². The first-order valence-electron chi connectivity index (χ1n) is 11.9. The Morgan fingerprint density at radius 2 is 1.63 bits per heavy atom. The summed E-state index contributed by atoms with van der Waals surface area (Å²) in [6.45, 7) is 8.56. The van der Waals surface area contributed by atoms with Crippen LogP contribution in [0.15, 0.2) is 71.6 Å². The minimum absolute atomic E-state index is 0. The fraction of sp³-hybridized carbons (Fsp3) is 0.357. The molecule has 5 nitrogen and oxygen atoms in total. The van der Waals surface area contributed by atoms with E-state index in [1.54, 1.807) is 42.1 Å². The average molecular weight is 514 g/mol. The molecule has 3 aromatic rings. The van der Waals surface area contributed by atoms with Crippen LogP contribution in [0.3, 0.4) is 0 Å². The summed E-state index contributed by atoms with van der Waals surface area (Å²) >= 11 is 1.64. The van der Waals surface area contributed by atoms with Crippen LogP contribution in [0.25, 0.3) is 0 Å². The summed E-state index contributed by atoms with van der Waals surface area (Å²) in [7, 11) is 0. The van der Waals surface area contributed by atoms with E-state index < -0.39 is 0 Å². The molecule has 7 heteroatoms. The van der Waals surface area contributed by atoms with Gasteiger partial charge in [-0.1, -0.05) is 38.1 Å². The van der Waals surface area contributed by atoms with Crippen molar-refractivity contribution in [3.05, 3.63) is 77.9 Å². The van der Waals surface area contributed by atoms with Gasteiger partial charge in [-0.2, -0.15) is 0 Å². The fourth-order valence-electron chi connectivity index (χ4n) is 4.75. The minimum Gasteiger partial charge on any atom is -0.508 e. The van der Waals surface area contributed by atoms with E-state index in [-0.39, 0.29) is 35.3 Å². The van der Waals surface area contributed by atoms with Gasteiger partial charge >= 0.3 is 0 Å². The molecule has 0 amide bonds. The zero-order valence-electron chi connectivity index (χ0n) is 20.0. The first-order chi connectivity index (χ1) is 16.5. The van der Waals surface area contributed by atoms with Crippen LogP contribution in [0.5, 0.6) is 23.0 Å². The Bertz CT molecular complexity index is 1130. The predicted octanol–water partition coefficient (Wildman–Crippen LogP) is 6.45. The molecule has 35 heavy (non-hydrogen) atoms. The number of ether oxygens (including phenoxy) is 2. The molecule has 1 saturated heterocycles. The molecule has 0 unspecified atom stereocenters. The lowest BCUT2D eigenvalue weighted by Gasteiger charge is -2.34. The summed E-state index contributed by atoms with van der Waals surface area (Å²) in [6.07, 6.45) is -0.245. The van der Waals surface area contributed by atoms with Crippen LogP contribution in [-0.4, -0.2) is 41.4 Å². The molecule has 4 atom stereocenters. The SMILES string of the molecule is C[C@H]1CN(CCOc2ccc([C@@H]3Oc4ccc(O)cc4S[C@@H]3c3cccc(O)c3)cc2)C[C@@H]1C.Cl. The molecule has 186 valence electrons. The van der Waals surface area contributed by atoms with E-state index in [0.717, 1.165) is 59.0 Å². The number of phenolic OH excluding ortho intramolecular Hbond substituents is 2. The standard InChI is InChI=1S/C28H31NO4S.ClH/c1-18-16-29(17-19(18)2)12-13-32-24-9-6-20(7-10-24)27-28(21-4-3-5-22(30)14-21)34-26-15-23(31)8-11-25(26)33-27;/h3-11,14-15,18-19,27-28,30-31H,12-13,16-17H2,1-2H3;1H/t18-,19-,27-,28+;/m0./s1. The highest BCUT2D eigenvalue weighted by Gasteiger charge is 2.34. The van der Waals surface area contributed by atoms with Gasteiger partial charge in [0.15, 0.2) is 0 Å². The number of aromatic hydroxyl groups is 2. The molecular weight excluding hydrogens is 482 g/mol. The Morgan fingerprint density at radius 1 is 0.914 bits per heavy atom. The molecule has 0 aliphatic carbocycles. The van der Waals surface area contributed by atoms with Gasteiger partial charge in [0.2, 0.25) is 0 Å². The third-order valence-corrected chi connectivity index (χ3v) is 8.20. The van der Waals surface area contributed by atoms with Gasteiger partial charge in [0, 0.05) is 19.6 Å². The molecule has 2 aliphatic rings. The molecule has 0 spiro atoms. The number of halogens is 1. The topological polar surface area (TPSA) is 62.2 Å². The maximum Gasteiger partial charge on any atom is 0.140 e. The third-order valence-electron chi connectivity index (χ3n) is 6.86. The Labute approximate surface area is 217 Å². The Morgan fingerprint density at radius 3 is 2.34 bits per heavy atom. The van der Waals surface area contributed by atoms with E-state index in [0.29, 0.717) is 6.61 Å². The molecule has 2 heterocycles. The zero-order chi connectivity index (χ0) is 23.7. The number of phenols is 2. The molecular formula is C28H32ClNO4S. The van der Waals surface area contributed by atoms with Gasteiger partial charge in [0.05, 0.1) is 10.1 Å². The summed E-state index contributed by atoms with van der Waals surface area (Å²) in [4.78, 5) is 3.36. The van der Waals surface area contributed by atoms with Gasteiger partial charge in [0.1, 0.15) is 35.7 Å². The molecule has 2 aliphatic heterocycles. The highest BCUT2D eigenvalue weighted by Crippen LogP contribution is 2.54. The van der Waals surface area contributed by atoms with Crippen LogP contribution in [-0.2, 0) is 0 Å². The van der Waals surface area contributed by atoms with Gasteiger partial charge in [-0.15, -0.1) is 24.2 Å². The van der Waals surface area contributed by atoms with Gasteiger partial charge in [-0.3, -0.25) is 4.90 Å². The summed E-state index contributed by atoms with van der Waals surface area (Å²) in [5, 5.41) is 19.9. The molecule has 3 aromatic carbocycles. The Kier molecular flexibility index (Phi) is 8.05. The predicted molar refractivity (Wildman–Crippen MR) is 142 cm³/mol. The van der Waals surface area contributed by atoms with Crippen LogP contribution < -0.4 is 9.47 Å². The number of fused-ring (bicyclic) bond motifs is 1. The van der Waals surface area contributed by atoms with Gasteiger partial charge in [-0.05, 0) is 65.4 Å². The number of likely N-dealkylation sites (tertiary alicyclic amines) is 1. The first-order valence-corrected chi connectivity index (χ1v) is 12.7. The van der Waals surface area contributed by atoms with Crippen molar-refractivity contribution >= 4 is 24.2 Å². The van der Waals surface area contributed by atoms with Crippen LogP contribution in [0.1, 0.15) is 36.3 Å². The zero-order valence-corrected chi connectivity index (χ0v) is 21.6. The van der Waals surface area contributed by atoms with Crippen molar-refractivity contribution in [1.29, 1.82) is 0 Å². The van der Waals surface area contributed by atoms with Crippen molar-refractivity contribution < 1.29 is 19.7 Å². The Balaban J connectivity index is 0.00000289. The van der Waals surface area contributed by atoms with E-state index in [2.05, 4.69) is 30.9 Å². The second kappa shape index (κ2) is 11.0. The number of hydrogen-bond donors (Lipinski definition) is 2. The highest BCUT2D eigenvalue weighted by molar-refractivity contribution is 7.99. The molecule has 5 rings (SSSR count). The normalized spacial score (nSPS) is 23.7. The van der Waals surface area contributed by atoms with E-state index >= 15 is 0 Å². The van der Waals surface area contributed by atoms with Crippen molar-refractivity contribution in [1.82, 2.24) is 4.90 Å². The lowest BCUT2D eigenvalue weighted by Crippen LogP contribution is -2.26. The van der Waals surface area contributed by atoms with Crippen LogP contribution in [0.2, 0.25) is 0 Å². The summed E-state index contributed by atoms with van der Waals surface area (Å²) < 4.78 is 12.5. The van der Waals surface area contributed by atoms with Gasteiger partial charge < -0.3 is 19.7 Å². The number of thioether (sulfide) groups is 1. The molecule has 0 saturated carbocycles. The molecule has 0 bridgehead atoms. The smallest absolute Gasteiger partial charge is 0.140 e. The summed E-state index contributed by atoms with van der Waals surface area (Å²) in [6, 6.07) is 20.6. The quantitative estimate of drug-likeness (QED) is 0.395.